The summed E-state index contributed by atoms with van der Waals surface area (Å²) >= 11 is 0. The maximum Gasteiger partial charge on any atom is 0.274 e. The number of piperidine rings is 1. The second-order valence-corrected chi connectivity index (χ2v) is 7.67. The van der Waals surface area contributed by atoms with Gasteiger partial charge in [0.25, 0.3) is 5.91 Å². The van der Waals surface area contributed by atoms with Gasteiger partial charge in [-0.1, -0.05) is 13.3 Å². The molecule has 0 saturated carbocycles. The molecule has 0 aliphatic carbocycles. The molecule has 7 heteroatoms. The Balaban J connectivity index is 1.71. The number of rotatable bonds is 10. The van der Waals surface area contributed by atoms with Crippen LogP contribution in [0.25, 0.3) is 0 Å². The van der Waals surface area contributed by atoms with Crippen molar-refractivity contribution in [3.63, 3.8) is 0 Å². The van der Waals surface area contributed by atoms with Gasteiger partial charge in [0.05, 0.1) is 11.9 Å². The van der Waals surface area contributed by atoms with Crippen LogP contribution in [-0.4, -0.2) is 70.3 Å². The highest BCUT2D eigenvalue weighted by Gasteiger charge is 2.19. The van der Waals surface area contributed by atoms with Gasteiger partial charge in [0.15, 0.2) is 0 Å². The van der Waals surface area contributed by atoms with Crippen LogP contribution in [0.2, 0.25) is 0 Å². The summed E-state index contributed by atoms with van der Waals surface area (Å²) in [6.45, 7) is 10.0. The third kappa shape index (κ3) is 7.19. The quantitative estimate of drug-likeness (QED) is 0.622. The number of hydrogen-bond acceptors (Lipinski definition) is 5. The zero-order valence-electron chi connectivity index (χ0n) is 17.6. The lowest BCUT2D eigenvalue weighted by molar-refractivity contribution is -0.121. The first-order valence-electron chi connectivity index (χ1n) is 10.6. The molecule has 1 aliphatic rings. The molecule has 1 aromatic heterocycles. The van der Waals surface area contributed by atoms with E-state index in [0.717, 1.165) is 25.1 Å². The molecular weight excluding hydrogens is 354 g/mol. The average Bonchev–Trinajstić information content (AvgIpc) is 2.69. The number of nitrogens with one attached hydrogen (secondary N) is 1. The van der Waals surface area contributed by atoms with Crippen LogP contribution >= 0.6 is 0 Å². The molecule has 1 saturated heterocycles. The molecule has 1 atom stereocenters. The second kappa shape index (κ2) is 11.7. The number of likely N-dealkylation sites (tertiary alicyclic amines) is 1. The lowest BCUT2D eigenvalue weighted by Crippen LogP contribution is -2.39. The Hall–Kier alpha value is -2.02. The predicted octanol–water partition coefficient (Wildman–Crippen LogP) is 2.41. The summed E-state index contributed by atoms with van der Waals surface area (Å²) in [5.74, 6) is -0.170. The summed E-state index contributed by atoms with van der Waals surface area (Å²) in [5, 5.41) is 2.99. The fraction of sp³-hybridized carbons (Fsp3) is 0.714. The minimum atomic E-state index is -0.166. The number of aryl methyl sites for hydroxylation is 1. The van der Waals surface area contributed by atoms with Gasteiger partial charge in [0.1, 0.15) is 5.69 Å². The molecule has 0 bridgehead atoms. The average molecular weight is 390 g/mol. The number of amides is 2. The monoisotopic (exact) mass is 389 g/mol. The summed E-state index contributed by atoms with van der Waals surface area (Å²) in [4.78, 5) is 37.3. The number of carbonyl (C=O) groups excluding carboxylic acids is 2. The van der Waals surface area contributed by atoms with E-state index in [-0.39, 0.29) is 11.8 Å². The third-order valence-electron chi connectivity index (χ3n) is 5.27. The van der Waals surface area contributed by atoms with Gasteiger partial charge in [0.2, 0.25) is 5.91 Å². The lowest BCUT2D eigenvalue weighted by Gasteiger charge is -2.33. The smallest absolute Gasteiger partial charge is 0.274 e. The van der Waals surface area contributed by atoms with E-state index in [1.54, 1.807) is 11.1 Å². The summed E-state index contributed by atoms with van der Waals surface area (Å²) in [6.07, 6.45) is 9.09. The van der Waals surface area contributed by atoms with Gasteiger partial charge in [-0.3, -0.25) is 14.6 Å². The highest BCUT2D eigenvalue weighted by atomic mass is 16.2. The van der Waals surface area contributed by atoms with E-state index < -0.39 is 0 Å². The molecule has 0 spiro atoms. The molecule has 2 rings (SSSR count). The normalized spacial score (nSPS) is 17.3. The van der Waals surface area contributed by atoms with Crippen LogP contribution in [0.1, 0.15) is 68.6 Å². The second-order valence-electron chi connectivity index (χ2n) is 7.67. The van der Waals surface area contributed by atoms with Crippen molar-refractivity contribution >= 4 is 11.8 Å². The van der Waals surface area contributed by atoms with Gasteiger partial charge in [-0.2, -0.15) is 0 Å². The van der Waals surface area contributed by atoms with Crippen LogP contribution in [-0.2, 0) is 4.79 Å². The molecule has 1 aromatic rings. The Morgan fingerprint density at radius 2 is 2.07 bits per heavy atom. The van der Waals surface area contributed by atoms with Crippen LogP contribution in [0.15, 0.2) is 12.4 Å². The molecule has 1 fully saturated rings. The van der Waals surface area contributed by atoms with E-state index in [1.165, 1.54) is 32.0 Å². The van der Waals surface area contributed by atoms with Crippen molar-refractivity contribution in [2.75, 3.05) is 32.7 Å². The van der Waals surface area contributed by atoms with Crippen LogP contribution in [0.3, 0.4) is 0 Å². The van der Waals surface area contributed by atoms with E-state index in [4.69, 9.17) is 0 Å². The summed E-state index contributed by atoms with van der Waals surface area (Å²) in [5.41, 5.74) is 1.10. The van der Waals surface area contributed by atoms with Gasteiger partial charge in [0, 0.05) is 44.8 Å². The van der Waals surface area contributed by atoms with Crippen LogP contribution < -0.4 is 5.32 Å². The van der Waals surface area contributed by atoms with Crippen molar-refractivity contribution in [2.45, 2.75) is 65.3 Å². The predicted molar refractivity (Wildman–Crippen MR) is 110 cm³/mol. The summed E-state index contributed by atoms with van der Waals surface area (Å²) < 4.78 is 0. The Labute approximate surface area is 168 Å². The largest absolute Gasteiger partial charge is 0.356 e. The Bertz CT molecular complexity index is 620. The van der Waals surface area contributed by atoms with Gasteiger partial charge >= 0.3 is 0 Å². The molecule has 156 valence electrons. The SMILES string of the molecule is CCCN(CCC(=O)NCCCN1CCCC[C@@H]1C)C(=O)c1cnc(C)cn1. The minimum absolute atomic E-state index is 0.00409. The third-order valence-corrected chi connectivity index (χ3v) is 5.27. The van der Waals surface area contributed by atoms with Crippen molar-refractivity contribution in [1.82, 2.24) is 25.1 Å². The standard InChI is InChI=1S/C21H35N5O2/c1-4-11-26(21(28)19-16-23-17(2)15-24-19)14-9-20(27)22-10-7-13-25-12-6-5-8-18(25)3/h15-16,18H,4-14H2,1-3H3,(H,22,27)/t18-/m0/s1. The topological polar surface area (TPSA) is 78.4 Å². The van der Waals surface area contributed by atoms with Gasteiger partial charge < -0.3 is 15.1 Å². The van der Waals surface area contributed by atoms with E-state index in [0.29, 0.717) is 37.8 Å². The fourth-order valence-electron chi connectivity index (χ4n) is 3.57. The Kier molecular flexibility index (Phi) is 9.34. The molecule has 0 unspecified atom stereocenters. The molecule has 2 amide bonds. The zero-order valence-corrected chi connectivity index (χ0v) is 17.6. The molecular formula is C21H35N5O2. The van der Waals surface area contributed by atoms with Gasteiger partial charge in [-0.15, -0.1) is 0 Å². The fourth-order valence-corrected chi connectivity index (χ4v) is 3.57. The molecule has 0 aromatic carbocycles. The van der Waals surface area contributed by atoms with Gasteiger partial charge in [-0.05, 0) is 46.1 Å². The number of carbonyl (C=O) groups is 2. The molecule has 7 nitrogen and oxygen atoms in total. The first-order chi connectivity index (χ1) is 13.5. The van der Waals surface area contributed by atoms with Crippen LogP contribution in [0.5, 0.6) is 0 Å². The first kappa shape index (κ1) is 22.3. The van der Waals surface area contributed by atoms with Crippen molar-refractivity contribution in [3.8, 4) is 0 Å². The summed E-state index contributed by atoms with van der Waals surface area (Å²) in [7, 11) is 0. The van der Waals surface area contributed by atoms with Crippen LogP contribution in [0, 0.1) is 6.92 Å². The lowest BCUT2D eigenvalue weighted by atomic mass is 10.0. The van der Waals surface area contributed by atoms with Crippen molar-refractivity contribution < 1.29 is 9.59 Å². The van der Waals surface area contributed by atoms with Crippen LogP contribution in [0.4, 0.5) is 0 Å². The number of aromatic nitrogens is 2. The molecule has 28 heavy (non-hydrogen) atoms. The summed E-state index contributed by atoms with van der Waals surface area (Å²) in [6, 6.07) is 0.655. The Morgan fingerprint density at radius 1 is 1.25 bits per heavy atom. The molecule has 1 N–H and O–H groups in total. The maximum absolute atomic E-state index is 12.6. The zero-order chi connectivity index (χ0) is 20.4. The van der Waals surface area contributed by atoms with E-state index >= 15 is 0 Å². The maximum atomic E-state index is 12.6. The first-order valence-corrected chi connectivity index (χ1v) is 10.6. The number of nitrogens with zero attached hydrogens (tertiary/aromatic N) is 4. The minimum Gasteiger partial charge on any atom is -0.356 e. The van der Waals surface area contributed by atoms with Crippen molar-refractivity contribution in [1.29, 1.82) is 0 Å². The van der Waals surface area contributed by atoms with Crippen molar-refractivity contribution in [2.24, 2.45) is 0 Å². The van der Waals surface area contributed by atoms with E-state index in [2.05, 4.69) is 27.1 Å². The van der Waals surface area contributed by atoms with Crippen molar-refractivity contribution in [3.05, 3.63) is 23.8 Å². The molecule has 2 heterocycles. The van der Waals surface area contributed by atoms with E-state index in [9.17, 15) is 9.59 Å². The van der Waals surface area contributed by atoms with E-state index in [1.807, 2.05) is 13.8 Å². The molecule has 1 aliphatic heterocycles. The molecule has 0 radical (unpaired) electrons. The highest BCUT2D eigenvalue weighted by molar-refractivity contribution is 5.92. The Morgan fingerprint density at radius 3 is 2.75 bits per heavy atom. The highest BCUT2D eigenvalue weighted by Crippen LogP contribution is 2.16. The number of hydrogen-bond donors (Lipinski definition) is 1. The van der Waals surface area contributed by atoms with Gasteiger partial charge in [-0.25, -0.2) is 4.98 Å².